The summed E-state index contributed by atoms with van der Waals surface area (Å²) in [6.07, 6.45) is 9.32. The molecular formula is C29H47NO6. The molecule has 204 valence electrons. The highest BCUT2D eigenvalue weighted by atomic mass is 16.5. The number of esters is 1. The molecule has 0 bridgehead atoms. The largest absolute Gasteiger partial charge is 0.508 e. The minimum atomic E-state index is -1.13. The minimum Gasteiger partial charge on any atom is -0.508 e. The molecule has 36 heavy (non-hydrogen) atoms. The lowest BCUT2D eigenvalue weighted by Gasteiger charge is -2.37. The van der Waals surface area contributed by atoms with Gasteiger partial charge in [-0.25, -0.2) is 0 Å². The molecule has 4 atom stereocenters. The van der Waals surface area contributed by atoms with E-state index in [9.17, 15) is 19.8 Å². The molecule has 7 heteroatoms. The Hall–Kier alpha value is -2.12. The average molecular weight is 506 g/mol. The SMILES string of the molecule is CCCCCCC(C)(C)c1ccc(C2CC(OC(=O)CC[C@H](N)C(=O)O)CCC2CCCO)c(O)c1. The van der Waals surface area contributed by atoms with Gasteiger partial charge in [0.05, 0.1) is 0 Å². The summed E-state index contributed by atoms with van der Waals surface area (Å²) in [5.74, 6) is -0.978. The second-order valence-corrected chi connectivity index (χ2v) is 11.1. The number of carbonyl (C=O) groups is 2. The minimum absolute atomic E-state index is 0.0195. The molecule has 2 rings (SSSR count). The van der Waals surface area contributed by atoms with Crippen molar-refractivity contribution in [2.24, 2.45) is 11.7 Å². The number of benzene rings is 1. The maximum atomic E-state index is 12.3. The van der Waals surface area contributed by atoms with Crippen LogP contribution < -0.4 is 5.73 Å². The van der Waals surface area contributed by atoms with Crippen molar-refractivity contribution in [3.05, 3.63) is 29.3 Å². The maximum absolute atomic E-state index is 12.3. The lowest BCUT2D eigenvalue weighted by Crippen LogP contribution is -2.33. The smallest absolute Gasteiger partial charge is 0.320 e. The quantitative estimate of drug-likeness (QED) is 0.185. The zero-order valence-corrected chi connectivity index (χ0v) is 22.4. The van der Waals surface area contributed by atoms with Crippen molar-refractivity contribution >= 4 is 11.9 Å². The number of aliphatic carboxylic acids is 1. The van der Waals surface area contributed by atoms with Crippen LogP contribution in [0.25, 0.3) is 0 Å². The van der Waals surface area contributed by atoms with E-state index in [1.54, 1.807) is 0 Å². The normalized spacial score (nSPS) is 21.2. The third-order valence-electron chi connectivity index (χ3n) is 7.82. The Labute approximate surface area is 216 Å². The van der Waals surface area contributed by atoms with Gasteiger partial charge in [-0.1, -0.05) is 58.6 Å². The second-order valence-electron chi connectivity index (χ2n) is 11.1. The number of phenolic OH excluding ortho intramolecular Hbond substituents is 1. The Morgan fingerprint density at radius 3 is 2.56 bits per heavy atom. The predicted octanol–water partition coefficient (Wildman–Crippen LogP) is 5.40. The first-order valence-corrected chi connectivity index (χ1v) is 13.7. The van der Waals surface area contributed by atoms with Crippen molar-refractivity contribution < 1.29 is 29.6 Å². The van der Waals surface area contributed by atoms with Gasteiger partial charge in [-0.15, -0.1) is 0 Å². The van der Waals surface area contributed by atoms with Gasteiger partial charge in [0.25, 0.3) is 0 Å². The number of carbonyl (C=O) groups excluding carboxylic acids is 1. The van der Waals surface area contributed by atoms with Crippen LogP contribution in [0.5, 0.6) is 5.75 Å². The van der Waals surface area contributed by atoms with Crippen LogP contribution in [-0.2, 0) is 19.7 Å². The Bertz CT molecular complexity index is 839. The molecule has 1 aliphatic carbocycles. The van der Waals surface area contributed by atoms with E-state index >= 15 is 0 Å². The van der Waals surface area contributed by atoms with Crippen LogP contribution in [-0.4, -0.2) is 46.0 Å². The summed E-state index contributed by atoms with van der Waals surface area (Å²) in [6.45, 7) is 6.79. The van der Waals surface area contributed by atoms with Crippen LogP contribution in [0.15, 0.2) is 18.2 Å². The van der Waals surface area contributed by atoms with E-state index in [-0.39, 0.29) is 48.6 Å². The van der Waals surface area contributed by atoms with Crippen LogP contribution in [0.3, 0.4) is 0 Å². The number of aliphatic hydroxyl groups is 1. The van der Waals surface area contributed by atoms with E-state index in [2.05, 4.69) is 26.8 Å². The van der Waals surface area contributed by atoms with Gasteiger partial charge in [0.1, 0.15) is 17.9 Å². The van der Waals surface area contributed by atoms with Gasteiger partial charge in [-0.2, -0.15) is 0 Å². The predicted molar refractivity (Wildman–Crippen MR) is 141 cm³/mol. The fraction of sp³-hybridized carbons (Fsp3) is 0.724. The van der Waals surface area contributed by atoms with E-state index in [1.165, 1.54) is 25.7 Å². The first-order chi connectivity index (χ1) is 17.1. The van der Waals surface area contributed by atoms with Crippen LogP contribution in [0.2, 0.25) is 0 Å². The van der Waals surface area contributed by atoms with E-state index in [0.29, 0.717) is 19.3 Å². The van der Waals surface area contributed by atoms with E-state index in [4.69, 9.17) is 15.6 Å². The molecule has 1 fully saturated rings. The van der Waals surface area contributed by atoms with Crippen LogP contribution in [0.1, 0.15) is 115 Å². The summed E-state index contributed by atoms with van der Waals surface area (Å²) < 4.78 is 5.69. The van der Waals surface area contributed by atoms with E-state index < -0.39 is 18.0 Å². The van der Waals surface area contributed by atoms with Crippen molar-refractivity contribution in [3.63, 3.8) is 0 Å². The number of aliphatic hydroxyl groups excluding tert-OH is 1. The molecule has 1 aromatic carbocycles. The number of nitrogens with two attached hydrogens (primary N) is 1. The summed E-state index contributed by atoms with van der Waals surface area (Å²) in [4.78, 5) is 23.2. The highest BCUT2D eigenvalue weighted by Crippen LogP contribution is 2.45. The summed E-state index contributed by atoms with van der Waals surface area (Å²) >= 11 is 0. The van der Waals surface area contributed by atoms with E-state index in [0.717, 1.165) is 30.4 Å². The Balaban J connectivity index is 2.12. The molecule has 0 aliphatic heterocycles. The Morgan fingerprint density at radius 2 is 1.92 bits per heavy atom. The maximum Gasteiger partial charge on any atom is 0.320 e. The number of hydrogen-bond acceptors (Lipinski definition) is 6. The van der Waals surface area contributed by atoms with Crippen LogP contribution in [0, 0.1) is 5.92 Å². The first kappa shape index (κ1) is 30.1. The highest BCUT2D eigenvalue weighted by Gasteiger charge is 2.35. The summed E-state index contributed by atoms with van der Waals surface area (Å²) in [5.41, 5.74) is 7.48. The number of carboxylic acids is 1. The molecule has 1 aromatic rings. The zero-order valence-electron chi connectivity index (χ0n) is 22.4. The van der Waals surface area contributed by atoms with Gasteiger partial charge in [-0.05, 0) is 79.4 Å². The molecule has 7 nitrogen and oxygen atoms in total. The molecule has 5 N–H and O–H groups in total. The molecule has 0 heterocycles. The van der Waals surface area contributed by atoms with Gasteiger partial charge in [-0.3, -0.25) is 9.59 Å². The first-order valence-electron chi connectivity index (χ1n) is 13.7. The fourth-order valence-corrected chi connectivity index (χ4v) is 5.44. The Kier molecular flexibility index (Phi) is 12.2. The third-order valence-corrected chi connectivity index (χ3v) is 7.82. The molecule has 1 saturated carbocycles. The molecular weight excluding hydrogens is 458 g/mol. The molecule has 1 aliphatic rings. The van der Waals surface area contributed by atoms with Crippen molar-refractivity contribution in [2.75, 3.05) is 6.61 Å². The fourth-order valence-electron chi connectivity index (χ4n) is 5.44. The van der Waals surface area contributed by atoms with Gasteiger partial charge in [0, 0.05) is 13.0 Å². The molecule has 3 unspecified atom stereocenters. The summed E-state index contributed by atoms with van der Waals surface area (Å²) in [7, 11) is 0. The van der Waals surface area contributed by atoms with Crippen LogP contribution >= 0.6 is 0 Å². The lowest BCUT2D eigenvalue weighted by atomic mass is 9.71. The van der Waals surface area contributed by atoms with E-state index in [1.807, 2.05) is 12.1 Å². The number of unbranched alkanes of at least 4 members (excludes halogenated alkanes) is 3. The van der Waals surface area contributed by atoms with Crippen molar-refractivity contribution in [3.8, 4) is 5.75 Å². The second kappa shape index (κ2) is 14.6. The summed E-state index contributed by atoms with van der Waals surface area (Å²) in [6, 6.07) is 4.98. The van der Waals surface area contributed by atoms with Gasteiger partial charge < -0.3 is 25.8 Å². The van der Waals surface area contributed by atoms with Crippen molar-refractivity contribution in [2.45, 2.75) is 121 Å². The Morgan fingerprint density at radius 1 is 1.17 bits per heavy atom. The third kappa shape index (κ3) is 9.07. The number of hydrogen-bond donors (Lipinski definition) is 4. The number of rotatable bonds is 15. The van der Waals surface area contributed by atoms with Gasteiger partial charge >= 0.3 is 11.9 Å². The molecule has 0 saturated heterocycles. The molecule has 0 aromatic heterocycles. The monoisotopic (exact) mass is 505 g/mol. The van der Waals surface area contributed by atoms with Gasteiger partial charge in [0.2, 0.25) is 0 Å². The van der Waals surface area contributed by atoms with Gasteiger partial charge in [0.15, 0.2) is 0 Å². The summed E-state index contributed by atoms with van der Waals surface area (Å²) in [5, 5.41) is 29.4. The number of ether oxygens (including phenoxy) is 1. The average Bonchev–Trinajstić information content (AvgIpc) is 2.84. The number of aromatic hydroxyl groups is 1. The number of carboxylic acid groups (broad SMARTS) is 1. The standard InChI is InChI=1S/C29H47NO6/c1-4-5-6-7-16-29(2,3)21-11-13-23(26(32)18-21)24-19-22(12-10-20(24)9-8-17-31)36-27(33)15-14-25(30)28(34)35/h11,13,18,20,22,24-25,31-32H,4-10,12,14-17,19,30H2,1-3H3,(H,34,35)/t20?,22?,24?,25-/m0/s1. The van der Waals surface area contributed by atoms with Crippen molar-refractivity contribution in [1.29, 1.82) is 0 Å². The lowest BCUT2D eigenvalue weighted by molar-refractivity contribution is -0.151. The topological polar surface area (TPSA) is 130 Å². The highest BCUT2D eigenvalue weighted by molar-refractivity contribution is 5.75. The zero-order chi connectivity index (χ0) is 26.7. The van der Waals surface area contributed by atoms with Crippen LogP contribution in [0.4, 0.5) is 0 Å². The number of phenols is 1. The molecule has 0 spiro atoms. The molecule has 0 amide bonds. The van der Waals surface area contributed by atoms with Crippen molar-refractivity contribution in [1.82, 2.24) is 0 Å². The molecule has 0 radical (unpaired) electrons.